The van der Waals surface area contributed by atoms with Crippen molar-refractivity contribution in [2.45, 2.75) is 65.4 Å². The van der Waals surface area contributed by atoms with Crippen LogP contribution in [-0.2, 0) is 45.1 Å². The minimum atomic E-state index is -0.738. The molecular formula is C27H32N4O5. The summed E-state index contributed by atoms with van der Waals surface area (Å²) in [6.07, 6.45) is -0.160. The van der Waals surface area contributed by atoms with E-state index in [2.05, 4.69) is 10.3 Å². The molecule has 2 heterocycles. The average Bonchev–Trinajstić information content (AvgIpc) is 3.18. The molecule has 0 spiro atoms. The molecule has 0 unspecified atom stereocenters. The Bertz CT molecular complexity index is 1280. The predicted octanol–water partition coefficient (Wildman–Crippen LogP) is 3.58. The lowest BCUT2D eigenvalue weighted by Crippen LogP contribution is -2.53. The molecule has 1 aromatic heterocycles. The molecule has 2 aromatic carbocycles. The highest BCUT2D eigenvalue weighted by Gasteiger charge is 2.37. The lowest BCUT2D eigenvalue weighted by Gasteiger charge is -2.36. The lowest BCUT2D eigenvalue weighted by molar-refractivity contribution is -0.143. The first-order valence-electron chi connectivity index (χ1n) is 12.1. The standard InChI is InChI=1S/C27H32N4O5/c1-5-35-24(32)17-30-21-13-9-8-12-20(21)29-23(30)15-28-25(33)22-14-18-10-6-7-11-19(18)16-31(22)26(34)36-27(2,3)4/h6-13,22H,5,14-17H2,1-4H3,(H,28,33)/t22-/m0/s1. The van der Waals surface area contributed by atoms with Gasteiger partial charge in [0.2, 0.25) is 5.91 Å². The average molecular weight is 493 g/mol. The van der Waals surface area contributed by atoms with Crippen molar-refractivity contribution >= 4 is 29.0 Å². The van der Waals surface area contributed by atoms with E-state index in [0.717, 1.165) is 16.6 Å². The number of carbonyl (C=O) groups excluding carboxylic acids is 3. The molecule has 36 heavy (non-hydrogen) atoms. The minimum Gasteiger partial charge on any atom is -0.465 e. The van der Waals surface area contributed by atoms with Crippen LogP contribution in [0, 0.1) is 0 Å². The smallest absolute Gasteiger partial charge is 0.411 e. The van der Waals surface area contributed by atoms with E-state index in [1.165, 1.54) is 4.90 Å². The molecule has 4 rings (SSSR count). The normalized spacial score (nSPS) is 15.3. The van der Waals surface area contributed by atoms with Crippen molar-refractivity contribution in [1.82, 2.24) is 19.8 Å². The van der Waals surface area contributed by atoms with E-state index in [1.54, 1.807) is 32.3 Å². The van der Waals surface area contributed by atoms with Gasteiger partial charge >= 0.3 is 12.1 Å². The number of fused-ring (bicyclic) bond motifs is 2. The van der Waals surface area contributed by atoms with Gasteiger partial charge in [-0.2, -0.15) is 0 Å². The second-order valence-electron chi connectivity index (χ2n) is 9.72. The molecule has 1 N–H and O–H groups in total. The fourth-order valence-electron chi connectivity index (χ4n) is 4.33. The van der Waals surface area contributed by atoms with E-state index >= 15 is 0 Å². The molecule has 190 valence electrons. The fraction of sp³-hybridized carbons (Fsp3) is 0.407. The number of ether oxygens (including phenoxy) is 2. The number of rotatable bonds is 6. The highest BCUT2D eigenvalue weighted by molar-refractivity contribution is 5.87. The number of nitrogens with zero attached hydrogens (tertiary/aromatic N) is 3. The number of nitrogens with one attached hydrogen (secondary N) is 1. The maximum Gasteiger partial charge on any atom is 0.411 e. The summed E-state index contributed by atoms with van der Waals surface area (Å²) < 4.78 is 12.5. The van der Waals surface area contributed by atoms with Gasteiger partial charge in [0.25, 0.3) is 0 Å². The quantitative estimate of drug-likeness (QED) is 0.528. The van der Waals surface area contributed by atoms with Crippen LogP contribution in [0.3, 0.4) is 0 Å². The Hall–Kier alpha value is -3.88. The van der Waals surface area contributed by atoms with Crippen molar-refractivity contribution in [1.29, 1.82) is 0 Å². The monoisotopic (exact) mass is 492 g/mol. The summed E-state index contributed by atoms with van der Waals surface area (Å²) in [6, 6.07) is 14.5. The summed E-state index contributed by atoms with van der Waals surface area (Å²) in [5.74, 6) is -0.170. The van der Waals surface area contributed by atoms with Crippen molar-refractivity contribution in [2.75, 3.05) is 6.61 Å². The van der Waals surface area contributed by atoms with Crippen LogP contribution in [0.15, 0.2) is 48.5 Å². The van der Waals surface area contributed by atoms with Crippen molar-refractivity contribution in [3.63, 3.8) is 0 Å². The Morgan fingerprint density at radius 1 is 1.06 bits per heavy atom. The first-order chi connectivity index (χ1) is 17.2. The van der Waals surface area contributed by atoms with Crippen molar-refractivity contribution < 1.29 is 23.9 Å². The van der Waals surface area contributed by atoms with Crippen LogP contribution >= 0.6 is 0 Å². The first-order valence-corrected chi connectivity index (χ1v) is 12.1. The molecular weight excluding hydrogens is 460 g/mol. The maximum absolute atomic E-state index is 13.4. The Morgan fingerprint density at radius 2 is 1.75 bits per heavy atom. The van der Waals surface area contributed by atoms with Gasteiger partial charge < -0.3 is 19.4 Å². The first kappa shape index (κ1) is 25.2. The minimum absolute atomic E-state index is 0.0135. The highest BCUT2D eigenvalue weighted by Crippen LogP contribution is 2.26. The Labute approximate surface area is 210 Å². The largest absolute Gasteiger partial charge is 0.465 e. The molecule has 0 saturated carbocycles. The Morgan fingerprint density at radius 3 is 2.47 bits per heavy atom. The molecule has 1 aliphatic heterocycles. The zero-order valence-electron chi connectivity index (χ0n) is 21.1. The summed E-state index contributed by atoms with van der Waals surface area (Å²) in [7, 11) is 0. The van der Waals surface area contributed by atoms with Gasteiger partial charge in [-0.3, -0.25) is 14.5 Å². The van der Waals surface area contributed by atoms with Crippen LogP contribution in [0.2, 0.25) is 0 Å². The van der Waals surface area contributed by atoms with E-state index < -0.39 is 17.7 Å². The summed E-state index contributed by atoms with van der Waals surface area (Å²) in [4.78, 5) is 44.8. The third-order valence-corrected chi connectivity index (χ3v) is 5.93. The second-order valence-corrected chi connectivity index (χ2v) is 9.72. The number of amides is 2. The van der Waals surface area contributed by atoms with Gasteiger partial charge in [-0.15, -0.1) is 0 Å². The predicted molar refractivity (Wildman–Crippen MR) is 134 cm³/mol. The van der Waals surface area contributed by atoms with E-state index in [-0.39, 0.29) is 38.1 Å². The molecule has 9 heteroatoms. The molecule has 1 atom stereocenters. The topological polar surface area (TPSA) is 103 Å². The van der Waals surface area contributed by atoms with E-state index in [1.807, 2.05) is 48.5 Å². The van der Waals surface area contributed by atoms with E-state index in [9.17, 15) is 14.4 Å². The molecule has 0 radical (unpaired) electrons. The van der Waals surface area contributed by atoms with Crippen LogP contribution in [0.4, 0.5) is 4.79 Å². The number of hydrogen-bond donors (Lipinski definition) is 1. The molecule has 9 nitrogen and oxygen atoms in total. The van der Waals surface area contributed by atoms with Crippen molar-refractivity contribution in [3.05, 3.63) is 65.5 Å². The summed E-state index contributed by atoms with van der Waals surface area (Å²) in [5.41, 5.74) is 2.81. The molecule has 2 amide bonds. The zero-order valence-corrected chi connectivity index (χ0v) is 21.1. The highest BCUT2D eigenvalue weighted by atomic mass is 16.6. The van der Waals surface area contributed by atoms with Gasteiger partial charge in [-0.1, -0.05) is 36.4 Å². The van der Waals surface area contributed by atoms with Crippen LogP contribution in [-0.4, -0.2) is 50.7 Å². The van der Waals surface area contributed by atoms with E-state index in [4.69, 9.17) is 9.47 Å². The molecule has 0 fully saturated rings. The van der Waals surface area contributed by atoms with Gasteiger partial charge in [0.15, 0.2) is 0 Å². The van der Waals surface area contributed by atoms with Gasteiger partial charge in [-0.25, -0.2) is 9.78 Å². The lowest BCUT2D eigenvalue weighted by atomic mass is 9.94. The van der Waals surface area contributed by atoms with Crippen molar-refractivity contribution in [2.24, 2.45) is 0 Å². The number of hydrogen-bond acceptors (Lipinski definition) is 6. The molecule has 1 aliphatic rings. The van der Waals surface area contributed by atoms with Gasteiger partial charge in [-0.05, 0) is 51.0 Å². The number of para-hydroxylation sites is 2. The van der Waals surface area contributed by atoms with Gasteiger partial charge in [0.05, 0.1) is 30.7 Å². The summed E-state index contributed by atoms with van der Waals surface area (Å²) in [5, 5.41) is 2.93. The van der Waals surface area contributed by atoms with Crippen LogP contribution in [0.25, 0.3) is 11.0 Å². The van der Waals surface area contributed by atoms with Crippen LogP contribution in [0.5, 0.6) is 0 Å². The number of carbonyl (C=O) groups is 3. The molecule has 3 aromatic rings. The maximum atomic E-state index is 13.4. The fourth-order valence-corrected chi connectivity index (χ4v) is 4.33. The van der Waals surface area contributed by atoms with Crippen LogP contribution in [0.1, 0.15) is 44.6 Å². The summed E-state index contributed by atoms with van der Waals surface area (Å²) in [6.45, 7) is 7.78. The van der Waals surface area contributed by atoms with Gasteiger partial charge in [0.1, 0.15) is 24.0 Å². The number of benzene rings is 2. The molecule has 0 bridgehead atoms. The zero-order chi connectivity index (χ0) is 25.9. The van der Waals surface area contributed by atoms with Crippen LogP contribution < -0.4 is 5.32 Å². The SMILES string of the molecule is CCOC(=O)Cn1c(CNC(=O)[C@@H]2Cc3ccccc3CN2C(=O)OC(C)(C)C)nc2ccccc21. The summed E-state index contributed by atoms with van der Waals surface area (Å²) >= 11 is 0. The number of imidazole rings is 1. The third kappa shape index (κ3) is 5.67. The number of esters is 1. The number of aromatic nitrogens is 2. The Balaban J connectivity index is 1.56. The Kier molecular flexibility index (Phi) is 7.28. The van der Waals surface area contributed by atoms with Gasteiger partial charge in [0, 0.05) is 6.42 Å². The third-order valence-electron chi connectivity index (χ3n) is 5.93. The second kappa shape index (κ2) is 10.4. The van der Waals surface area contributed by atoms with E-state index in [0.29, 0.717) is 17.8 Å². The molecule has 0 aliphatic carbocycles. The van der Waals surface area contributed by atoms with Crippen molar-refractivity contribution in [3.8, 4) is 0 Å². The molecule has 0 saturated heterocycles.